The maximum atomic E-state index is 11.2. The SMILES string of the molecule is C=CC1CN2CCC1C[C@H]2[C@H](O)c1ccnc2ccc(OC)cc12.Cl. The van der Waals surface area contributed by atoms with Crippen molar-refractivity contribution in [2.45, 2.75) is 25.0 Å². The summed E-state index contributed by atoms with van der Waals surface area (Å²) in [6, 6.07) is 7.96. The van der Waals surface area contributed by atoms with Crippen molar-refractivity contribution in [2.24, 2.45) is 11.8 Å². The summed E-state index contributed by atoms with van der Waals surface area (Å²) in [6.45, 7) is 6.07. The van der Waals surface area contributed by atoms with Crippen LogP contribution in [0.5, 0.6) is 5.75 Å². The molecular weight excluding hydrogens is 336 g/mol. The Morgan fingerprint density at radius 1 is 1.40 bits per heavy atom. The van der Waals surface area contributed by atoms with Gasteiger partial charge in [0.05, 0.1) is 18.7 Å². The van der Waals surface area contributed by atoms with E-state index in [9.17, 15) is 5.11 Å². The zero-order valence-corrected chi connectivity index (χ0v) is 15.3. The fraction of sp³-hybridized carbons (Fsp3) is 0.450. The lowest BCUT2D eigenvalue weighted by atomic mass is 9.73. The fourth-order valence-corrected chi connectivity index (χ4v) is 4.44. The monoisotopic (exact) mass is 360 g/mol. The van der Waals surface area contributed by atoms with Crippen LogP contribution in [0.15, 0.2) is 43.1 Å². The van der Waals surface area contributed by atoms with Gasteiger partial charge in [0, 0.05) is 24.2 Å². The molecule has 3 fully saturated rings. The van der Waals surface area contributed by atoms with Crippen LogP contribution < -0.4 is 4.74 Å². The van der Waals surface area contributed by atoms with Crippen molar-refractivity contribution in [3.63, 3.8) is 0 Å². The number of aromatic nitrogens is 1. The van der Waals surface area contributed by atoms with Crippen molar-refractivity contribution in [3.05, 3.63) is 48.7 Å². The standard InChI is InChI=1S/C20H24N2O2.ClH/c1-3-13-12-22-9-7-14(13)10-19(22)20(23)16-6-8-21-18-5-4-15(24-2)11-17(16)18;/h3-6,8,11,13-14,19-20,23H,1,7,9-10,12H2,2H3;1H/t13?,14?,19-,20+;/m0./s1. The molecule has 5 heteroatoms. The van der Waals surface area contributed by atoms with Gasteiger partial charge in [0.2, 0.25) is 0 Å². The molecule has 25 heavy (non-hydrogen) atoms. The van der Waals surface area contributed by atoms with Crippen LogP contribution in [-0.2, 0) is 0 Å². The molecule has 2 bridgehead atoms. The number of benzene rings is 1. The highest BCUT2D eigenvalue weighted by Gasteiger charge is 2.42. The van der Waals surface area contributed by atoms with Crippen molar-refractivity contribution in [1.29, 1.82) is 0 Å². The quantitative estimate of drug-likeness (QED) is 0.846. The molecule has 4 nitrogen and oxygen atoms in total. The van der Waals surface area contributed by atoms with Gasteiger partial charge in [-0.15, -0.1) is 19.0 Å². The van der Waals surface area contributed by atoms with Crippen LogP contribution in [0.3, 0.4) is 0 Å². The van der Waals surface area contributed by atoms with Gasteiger partial charge in [0.1, 0.15) is 5.75 Å². The van der Waals surface area contributed by atoms with E-state index in [1.54, 1.807) is 13.3 Å². The number of hydrogen-bond donors (Lipinski definition) is 1. The molecular formula is C20H25ClN2O2. The minimum atomic E-state index is -0.504. The highest BCUT2D eigenvalue weighted by Crippen LogP contribution is 2.42. The Morgan fingerprint density at radius 2 is 2.24 bits per heavy atom. The second-order valence-corrected chi connectivity index (χ2v) is 6.97. The number of aliphatic hydroxyl groups is 1. The van der Waals surface area contributed by atoms with E-state index in [-0.39, 0.29) is 18.4 Å². The van der Waals surface area contributed by atoms with Gasteiger partial charge in [-0.25, -0.2) is 0 Å². The predicted molar refractivity (Wildman–Crippen MR) is 102 cm³/mol. The average molecular weight is 361 g/mol. The van der Waals surface area contributed by atoms with Gasteiger partial charge in [0.25, 0.3) is 0 Å². The van der Waals surface area contributed by atoms with Crippen molar-refractivity contribution in [3.8, 4) is 5.75 Å². The lowest BCUT2D eigenvalue weighted by Gasteiger charge is -2.50. The van der Waals surface area contributed by atoms with E-state index in [2.05, 4.69) is 22.5 Å². The first-order valence-electron chi connectivity index (χ1n) is 8.68. The molecule has 1 aromatic carbocycles. The molecule has 134 valence electrons. The average Bonchev–Trinajstić information content (AvgIpc) is 2.66. The number of ether oxygens (including phenoxy) is 1. The topological polar surface area (TPSA) is 45.6 Å². The lowest BCUT2D eigenvalue weighted by Crippen LogP contribution is -2.54. The van der Waals surface area contributed by atoms with Crippen LogP contribution in [0.2, 0.25) is 0 Å². The Hall–Kier alpha value is -1.62. The first kappa shape index (κ1) is 18.2. The third-order valence-corrected chi connectivity index (χ3v) is 5.82. The van der Waals surface area contributed by atoms with Gasteiger partial charge in [0.15, 0.2) is 0 Å². The summed E-state index contributed by atoms with van der Waals surface area (Å²) in [5, 5.41) is 12.1. The van der Waals surface area contributed by atoms with Gasteiger partial charge in [-0.05, 0) is 61.1 Å². The number of pyridine rings is 1. The minimum Gasteiger partial charge on any atom is -0.497 e. The van der Waals surface area contributed by atoms with Gasteiger partial charge in [-0.2, -0.15) is 0 Å². The third-order valence-electron chi connectivity index (χ3n) is 5.82. The first-order chi connectivity index (χ1) is 11.7. The largest absolute Gasteiger partial charge is 0.497 e. The van der Waals surface area contributed by atoms with Gasteiger partial charge in [-0.3, -0.25) is 9.88 Å². The molecule has 0 aliphatic carbocycles. The number of methoxy groups -OCH3 is 1. The molecule has 5 rings (SSSR count). The molecule has 0 amide bonds. The number of nitrogens with zero attached hydrogens (tertiary/aromatic N) is 2. The summed E-state index contributed by atoms with van der Waals surface area (Å²) in [4.78, 5) is 6.86. The summed E-state index contributed by atoms with van der Waals surface area (Å²) in [7, 11) is 1.66. The molecule has 3 saturated heterocycles. The minimum absolute atomic E-state index is 0. The normalized spacial score (nSPS) is 29.0. The van der Waals surface area contributed by atoms with E-state index >= 15 is 0 Å². The number of aliphatic hydroxyl groups excluding tert-OH is 1. The summed E-state index contributed by atoms with van der Waals surface area (Å²) < 4.78 is 5.35. The number of piperidine rings is 3. The Morgan fingerprint density at radius 3 is 2.92 bits per heavy atom. The van der Waals surface area contributed by atoms with E-state index in [1.807, 2.05) is 24.3 Å². The molecule has 0 radical (unpaired) electrons. The number of hydrogen-bond acceptors (Lipinski definition) is 4. The Labute approximate surface area is 154 Å². The second-order valence-electron chi connectivity index (χ2n) is 6.97. The van der Waals surface area contributed by atoms with E-state index in [4.69, 9.17) is 4.74 Å². The van der Waals surface area contributed by atoms with Crippen LogP contribution in [0.25, 0.3) is 10.9 Å². The molecule has 0 spiro atoms. The van der Waals surface area contributed by atoms with E-state index in [0.717, 1.165) is 41.7 Å². The van der Waals surface area contributed by atoms with E-state index in [0.29, 0.717) is 11.8 Å². The lowest BCUT2D eigenvalue weighted by molar-refractivity contribution is -0.0444. The molecule has 3 aliphatic rings. The maximum absolute atomic E-state index is 11.2. The Kier molecular flexibility index (Phi) is 5.32. The number of halogens is 1. The number of fused-ring (bicyclic) bond motifs is 4. The molecule has 1 aromatic heterocycles. The zero-order chi connectivity index (χ0) is 16.7. The van der Waals surface area contributed by atoms with Crippen molar-refractivity contribution < 1.29 is 9.84 Å². The molecule has 1 N–H and O–H groups in total. The molecule has 3 aliphatic heterocycles. The zero-order valence-electron chi connectivity index (χ0n) is 14.5. The smallest absolute Gasteiger partial charge is 0.119 e. The van der Waals surface area contributed by atoms with Gasteiger partial charge >= 0.3 is 0 Å². The maximum Gasteiger partial charge on any atom is 0.119 e. The molecule has 2 aromatic rings. The van der Waals surface area contributed by atoms with E-state index in [1.165, 1.54) is 6.42 Å². The molecule has 5 atom stereocenters. The summed E-state index contributed by atoms with van der Waals surface area (Å²) in [5.41, 5.74) is 1.85. The molecule has 4 heterocycles. The van der Waals surface area contributed by atoms with Crippen LogP contribution >= 0.6 is 12.4 Å². The summed E-state index contributed by atoms with van der Waals surface area (Å²) in [6.07, 6.45) is 5.62. The van der Waals surface area contributed by atoms with Crippen LogP contribution in [0.4, 0.5) is 0 Å². The predicted octanol–water partition coefficient (Wildman–Crippen LogP) is 3.60. The second kappa shape index (κ2) is 7.32. The van der Waals surface area contributed by atoms with Crippen molar-refractivity contribution >= 4 is 23.3 Å². The highest BCUT2D eigenvalue weighted by atomic mass is 35.5. The fourth-order valence-electron chi connectivity index (χ4n) is 4.44. The van der Waals surface area contributed by atoms with Crippen LogP contribution in [0.1, 0.15) is 24.5 Å². The molecule has 0 saturated carbocycles. The van der Waals surface area contributed by atoms with Crippen LogP contribution in [0, 0.1) is 11.8 Å². The number of rotatable bonds is 4. The van der Waals surface area contributed by atoms with Crippen LogP contribution in [-0.4, -0.2) is 41.2 Å². The molecule has 3 unspecified atom stereocenters. The Bertz CT molecular complexity index is 766. The van der Waals surface area contributed by atoms with Gasteiger partial charge < -0.3 is 9.84 Å². The highest BCUT2D eigenvalue weighted by molar-refractivity contribution is 5.85. The first-order valence-corrected chi connectivity index (χ1v) is 8.68. The Balaban J connectivity index is 0.00000182. The third kappa shape index (κ3) is 3.14. The summed E-state index contributed by atoms with van der Waals surface area (Å²) >= 11 is 0. The van der Waals surface area contributed by atoms with Crippen molar-refractivity contribution in [1.82, 2.24) is 9.88 Å². The van der Waals surface area contributed by atoms with Gasteiger partial charge in [-0.1, -0.05) is 6.08 Å². The summed E-state index contributed by atoms with van der Waals surface area (Å²) in [5.74, 6) is 2.01. The van der Waals surface area contributed by atoms with Crippen molar-refractivity contribution in [2.75, 3.05) is 20.2 Å². The van der Waals surface area contributed by atoms with E-state index < -0.39 is 6.10 Å².